The third-order valence-electron chi connectivity index (χ3n) is 3.91. The van der Waals surface area contributed by atoms with Gasteiger partial charge < -0.3 is 0 Å². The molecular formula is C14H20. The van der Waals surface area contributed by atoms with Crippen LogP contribution in [-0.4, -0.2) is 0 Å². The van der Waals surface area contributed by atoms with Crippen LogP contribution in [0.3, 0.4) is 0 Å². The zero-order valence-electron chi connectivity index (χ0n) is 9.61. The van der Waals surface area contributed by atoms with Crippen LogP contribution in [0.15, 0.2) is 35.5 Å². The Balaban J connectivity index is 2.56. The molecule has 2 aliphatic carbocycles. The van der Waals surface area contributed by atoms with E-state index in [0.717, 1.165) is 5.92 Å². The van der Waals surface area contributed by atoms with E-state index in [-0.39, 0.29) is 0 Å². The Kier molecular flexibility index (Phi) is 1.99. The Hall–Kier alpha value is -0.780. The number of rotatable bonds is 2. The summed E-state index contributed by atoms with van der Waals surface area (Å²) in [6.45, 7) is 14.9. The Bertz CT molecular complexity index is 343. The van der Waals surface area contributed by atoms with Gasteiger partial charge in [-0.15, -0.1) is 0 Å². The molecule has 1 fully saturated rings. The molecule has 0 aliphatic heterocycles. The van der Waals surface area contributed by atoms with Gasteiger partial charge in [0.25, 0.3) is 0 Å². The Labute approximate surface area is 87.4 Å². The zero-order valence-corrected chi connectivity index (χ0v) is 9.61. The molecule has 0 N–H and O–H groups in total. The molecule has 0 radical (unpaired) electrons. The molecule has 0 aromatic heterocycles. The van der Waals surface area contributed by atoms with Crippen LogP contribution in [0.25, 0.3) is 0 Å². The van der Waals surface area contributed by atoms with Crippen molar-refractivity contribution in [2.24, 2.45) is 11.3 Å². The van der Waals surface area contributed by atoms with Gasteiger partial charge in [0.05, 0.1) is 0 Å². The van der Waals surface area contributed by atoms with Crippen molar-refractivity contribution in [3.05, 3.63) is 35.5 Å². The van der Waals surface area contributed by atoms with Crippen LogP contribution >= 0.6 is 0 Å². The maximum absolute atomic E-state index is 4.13. The summed E-state index contributed by atoms with van der Waals surface area (Å²) in [6.07, 6.45) is 4.03. The minimum atomic E-state index is 0.421. The predicted molar refractivity (Wildman–Crippen MR) is 62.1 cm³/mol. The molecule has 2 bridgehead atoms. The highest BCUT2D eigenvalue weighted by atomic mass is 14.5. The van der Waals surface area contributed by atoms with Crippen LogP contribution in [0.5, 0.6) is 0 Å². The van der Waals surface area contributed by atoms with Crippen molar-refractivity contribution in [1.82, 2.24) is 0 Å². The fraction of sp³-hybridized carbons (Fsp3) is 0.571. The average Bonchev–Trinajstić information content (AvgIpc) is 2.55. The Morgan fingerprint density at radius 2 is 1.93 bits per heavy atom. The van der Waals surface area contributed by atoms with Gasteiger partial charge in [0.2, 0.25) is 0 Å². The van der Waals surface area contributed by atoms with E-state index < -0.39 is 0 Å². The second kappa shape index (κ2) is 2.85. The predicted octanol–water partition coefficient (Wildman–Crippen LogP) is 4.26. The molecule has 0 aromatic rings. The first-order valence-corrected chi connectivity index (χ1v) is 5.52. The lowest BCUT2D eigenvalue weighted by molar-refractivity contribution is 0.430. The summed E-state index contributed by atoms with van der Waals surface area (Å²) in [5, 5.41) is 0. The Morgan fingerprint density at radius 3 is 2.36 bits per heavy atom. The summed E-state index contributed by atoms with van der Waals surface area (Å²) in [4.78, 5) is 0. The van der Waals surface area contributed by atoms with Crippen LogP contribution in [0.1, 0.15) is 40.0 Å². The third kappa shape index (κ3) is 1.13. The summed E-state index contributed by atoms with van der Waals surface area (Å²) in [5.74, 6) is 0.782. The first-order chi connectivity index (χ1) is 6.46. The van der Waals surface area contributed by atoms with E-state index in [1.54, 1.807) is 0 Å². The van der Waals surface area contributed by atoms with Gasteiger partial charge in [-0.05, 0) is 55.6 Å². The lowest BCUT2D eigenvalue weighted by atomic mass is 9.76. The van der Waals surface area contributed by atoms with Crippen molar-refractivity contribution in [3.8, 4) is 0 Å². The number of allylic oxidation sites excluding steroid dienone is 4. The van der Waals surface area contributed by atoms with Crippen LogP contribution in [0.4, 0.5) is 0 Å². The minimum Gasteiger partial charge on any atom is -0.0958 e. The maximum atomic E-state index is 4.13. The van der Waals surface area contributed by atoms with E-state index >= 15 is 0 Å². The molecule has 0 nitrogen and oxygen atoms in total. The second-order valence-corrected chi connectivity index (χ2v) is 5.35. The van der Waals surface area contributed by atoms with Gasteiger partial charge in [-0.3, -0.25) is 0 Å². The molecule has 1 saturated carbocycles. The third-order valence-corrected chi connectivity index (χ3v) is 3.91. The van der Waals surface area contributed by atoms with Crippen LogP contribution < -0.4 is 0 Å². The van der Waals surface area contributed by atoms with Gasteiger partial charge in [-0.2, -0.15) is 0 Å². The average molecular weight is 188 g/mol. The first kappa shape index (κ1) is 9.76. The lowest BCUT2D eigenvalue weighted by Gasteiger charge is -2.28. The SMILES string of the molecule is C=C(C)C1=C(C(=C)C)C2(C)CCC1C2. The lowest BCUT2D eigenvalue weighted by Crippen LogP contribution is -2.15. The molecule has 0 heteroatoms. The number of fused-ring (bicyclic) bond motifs is 2. The van der Waals surface area contributed by atoms with Crippen LogP contribution in [0, 0.1) is 11.3 Å². The van der Waals surface area contributed by atoms with Crippen molar-refractivity contribution in [2.45, 2.75) is 40.0 Å². The topological polar surface area (TPSA) is 0 Å². The molecule has 0 amide bonds. The summed E-state index contributed by atoms with van der Waals surface area (Å²) in [5.41, 5.74) is 6.00. The normalized spacial score (nSPS) is 35.2. The van der Waals surface area contributed by atoms with E-state index in [0.29, 0.717) is 5.41 Å². The number of hydrogen-bond acceptors (Lipinski definition) is 0. The van der Waals surface area contributed by atoms with E-state index in [4.69, 9.17) is 0 Å². The summed E-state index contributed by atoms with van der Waals surface area (Å²) >= 11 is 0. The van der Waals surface area contributed by atoms with Crippen LogP contribution in [-0.2, 0) is 0 Å². The molecular weight excluding hydrogens is 168 g/mol. The molecule has 2 unspecified atom stereocenters. The fourth-order valence-electron chi connectivity index (χ4n) is 3.55. The largest absolute Gasteiger partial charge is 0.0958 e. The quantitative estimate of drug-likeness (QED) is 0.607. The highest BCUT2D eigenvalue weighted by molar-refractivity contribution is 5.51. The fourth-order valence-corrected chi connectivity index (χ4v) is 3.55. The minimum absolute atomic E-state index is 0.421. The van der Waals surface area contributed by atoms with E-state index in [9.17, 15) is 0 Å². The second-order valence-electron chi connectivity index (χ2n) is 5.35. The van der Waals surface area contributed by atoms with Gasteiger partial charge in [0.1, 0.15) is 0 Å². The van der Waals surface area contributed by atoms with Gasteiger partial charge in [-0.25, -0.2) is 0 Å². The van der Waals surface area contributed by atoms with Crippen molar-refractivity contribution in [2.75, 3.05) is 0 Å². The van der Waals surface area contributed by atoms with E-state index in [1.165, 1.54) is 41.6 Å². The Morgan fingerprint density at radius 1 is 1.29 bits per heavy atom. The monoisotopic (exact) mass is 188 g/mol. The van der Waals surface area contributed by atoms with Crippen molar-refractivity contribution >= 4 is 0 Å². The van der Waals surface area contributed by atoms with Crippen molar-refractivity contribution in [3.63, 3.8) is 0 Å². The maximum Gasteiger partial charge on any atom is -0.00639 e. The molecule has 0 heterocycles. The molecule has 14 heavy (non-hydrogen) atoms. The molecule has 2 aliphatic rings. The van der Waals surface area contributed by atoms with Crippen LogP contribution in [0.2, 0.25) is 0 Å². The van der Waals surface area contributed by atoms with Gasteiger partial charge >= 0.3 is 0 Å². The van der Waals surface area contributed by atoms with Crippen molar-refractivity contribution < 1.29 is 0 Å². The highest BCUT2D eigenvalue weighted by Crippen LogP contribution is 2.60. The van der Waals surface area contributed by atoms with Gasteiger partial charge in [0, 0.05) is 0 Å². The summed E-state index contributed by atoms with van der Waals surface area (Å²) in [6, 6.07) is 0. The zero-order chi connectivity index (χ0) is 10.5. The van der Waals surface area contributed by atoms with Gasteiger partial charge in [0.15, 0.2) is 0 Å². The van der Waals surface area contributed by atoms with Crippen molar-refractivity contribution in [1.29, 1.82) is 0 Å². The molecule has 0 spiro atoms. The van der Waals surface area contributed by atoms with Gasteiger partial charge in [-0.1, -0.05) is 31.2 Å². The number of hydrogen-bond donors (Lipinski definition) is 0. The molecule has 2 atom stereocenters. The molecule has 2 rings (SSSR count). The van der Waals surface area contributed by atoms with E-state index in [2.05, 4.69) is 33.9 Å². The molecule has 0 aromatic carbocycles. The standard InChI is InChI=1S/C14H20/c1-9(2)12-11-6-7-14(5,8-11)13(12)10(3)4/h11H,1,3,6-8H2,2,4-5H3. The molecule has 0 saturated heterocycles. The molecule has 76 valence electrons. The highest BCUT2D eigenvalue weighted by Gasteiger charge is 2.47. The summed E-state index contributed by atoms with van der Waals surface area (Å²) < 4.78 is 0. The summed E-state index contributed by atoms with van der Waals surface area (Å²) in [7, 11) is 0. The first-order valence-electron chi connectivity index (χ1n) is 5.52. The van der Waals surface area contributed by atoms with E-state index in [1.807, 2.05) is 0 Å². The smallest absolute Gasteiger partial charge is 0.00639 e.